The molecular weight excluding hydrogens is 424 g/mol. The highest BCUT2D eigenvalue weighted by atomic mass is 16.5. The molecule has 0 radical (unpaired) electrons. The Hall–Kier alpha value is -4.38. The number of hydrogen-bond donors (Lipinski definition) is 2. The summed E-state index contributed by atoms with van der Waals surface area (Å²) in [6.45, 7) is 0.469. The lowest BCUT2D eigenvalue weighted by Gasteiger charge is -2.19. The van der Waals surface area contributed by atoms with Gasteiger partial charge in [-0.15, -0.1) is 0 Å². The SMILES string of the molecule is O=C(N[C@H](Cc1ccccc1)C(=O)Nc1ccc(OCc2ccccc2)cc1)c1ccccc1. The third-order valence-electron chi connectivity index (χ3n) is 5.31. The van der Waals surface area contributed by atoms with E-state index in [1.807, 2.05) is 78.9 Å². The number of ether oxygens (including phenoxy) is 1. The molecule has 0 unspecified atom stereocenters. The van der Waals surface area contributed by atoms with Gasteiger partial charge in [0.2, 0.25) is 5.91 Å². The zero-order valence-electron chi connectivity index (χ0n) is 18.7. The summed E-state index contributed by atoms with van der Waals surface area (Å²) in [5, 5.41) is 5.79. The first-order chi connectivity index (χ1) is 16.7. The van der Waals surface area contributed by atoms with Gasteiger partial charge in [-0.2, -0.15) is 0 Å². The van der Waals surface area contributed by atoms with Gasteiger partial charge in [0.1, 0.15) is 18.4 Å². The Bertz CT molecular complexity index is 1190. The molecule has 4 aromatic rings. The van der Waals surface area contributed by atoms with Crippen molar-refractivity contribution in [3.8, 4) is 5.75 Å². The Morgan fingerprint density at radius 2 is 1.24 bits per heavy atom. The summed E-state index contributed by atoms with van der Waals surface area (Å²) in [5.74, 6) is 0.132. The lowest BCUT2D eigenvalue weighted by molar-refractivity contribution is -0.118. The minimum atomic E-state index is -0.732. The normalized spacial score (nSPS) is 11.3. The fraction of sp³-hybridized carbons (Fsp3) is 0.103. The summed E-state index contributed by atoms with van der Waals surface area (Å²) in [6.07, 6.45) is 0.378. The van der Waals surface area contributed by atoms with Crippen LogP contribution in [0.2, 0.25) is 0 Å². The average molecular weight is 451 g/mol. The van der Waals surface area contributed by atoms with E-state index in [0.29, 0.717) is 30.0 Å². The van der Waals surface area contributed by atoms with Gasteiger partial charge in [-0.25, -0.2) is 0 Å². The van der Waals surface area contributed by atoms with Crippen molar-refractivity contribution in [3.05, 3.63) is 132 Å². The van der Waals surface area contributed by atoms with E-state index in [2.05, 4.69) is 10.6 Å². The second kappa shape index (κ2) is 11.5. The minimum Gasteiger partial charge on any atom is -0.489 e. The Morgan fingerprint density at radius 3 is 1.85 bits per heavy atom. The van der Waals surface area contributed by atoms with Gasteiger partial charge in [0.15, 0.2) is 0 Å². The molecule has 0 saturated heterocycles. The molecule has 0 aliphatic rings. The molecule has 5 heteroatoms. The second-order valence-corrected chi connectivity index (χ2v) is 7.87. The topological polar surface area (TPSA) is 67.4 Å². The minimum absolute atomic E-state index is 0.286. The van der Waals surface area contributed by atoms with Crippen LogP contribution in [0, 0.1) is 0 Å². The van der Waals surface area contributed by atoms with Crippen molar-refractivity contribution < 1.29 is 14.3 Å². The predicted molar refractivity (Wildman–Crippen MR) is 134 cm³/mol. The Morgan fingerprint density at radius 1 is 0.676 bits per heavy atom. The number of rotatable bonds is 9. The van der Waals surface area contributed by atoms with E-state index < -0.39 is 6.04 Å². The largest absolute Gasteiger partial charge is 0.489 e. The molecule has 2 amide bonds. The molecule has 170 valence electrons. The zero-order chi connectivity index (χ0) is 23.6. The summed E-state index contributed by atoms with van der Waals surface area (Å²) < 4.78 is 5.81. The molecule has 0 aliphatic heterocycles. The van der Waals surface area contributed by atoms with Crippen LogP contribution in [0.5, 0.6) is 5.75 Å². The van der Waals surface area contributed by atoms with Crippen LogP contribution in [-0.4, -0.2) is 17.9 Å². The van der Waals surface area contributed by atoms with Crippen LogP contribution in [0.4, 0.5) is 5.69 Å². The van der Waals surface area contributed by atoms with Gasteiger partial charge in [0, 0.05) is 17.7 Å². The second-order valence-electron chi connectivity index (χ2n) is 7.87. The lowest BCUT2D eigenvalue weighted by Crippen LogP contribution is -2.45. The Kier molecular flexibility index (Phi) is 7.70. The van der Waals surface area contributed by atoms with Crippen molar-refractivity contribution in [3.63, 3.8) is 0 Å². The maximum absolute atomic E-state index is 13.1. The molecule has 0 saturated carbocycles. The highest BCUT2D eigenvalue weighted by molar-refractivity contribution is 6.01. The van der Waals surface area contributed by atoms with Gasteiger partial charge in [-0.05, 0) is 47.5 Å². The summed E-state index contributed by atoms with van der Waals surface area (Å²) in [5.41, 5.74) is 3.18. The van der Waals surface area contributed by atoms with Gasteiger partial charge >= 0.3 is 0 Å². The summed E-state index contributed by atoms with van der Waals surface area (Å²) in [7, 11) is 0. The fourth-order valence-corrected chi connectivity index (χ4v) is 3.49. The first-order valence-electron chi connectivity index (χ1n) is 11.1. The van der Waals surface area contributed by atoms with Crippen molar-refractivity contribution in [1.82, 2.24) is 5.32 Å². The molecule has 1 atom stereocenters. The number of carbonyl (C=O) groups is 2. The zero-order valence-corrected chi connectivity index (χ0v) is 18.7. The maximum Gasteiger partial charge on any atom is 0.251 e. The van der Waals surface area contributed by atoms with Crippen molar-refractivity contribution in [2.75, 3.05) is 5.32 Å². The highest BCUT2D eigenvalue weighted by Gasteiger charge is 2.22. The third-order valence-corrected chi connectivity index (χ3v) is 5.31. The molecule has 5 nitrogen and oxygen atoms in total. The molecule has 2 N–H and O–H groups in total. The van der Waals surface area contributed by atoms with E-state index in [9.17, 15) is 9.59 Å². The summed E-state index contributed by atoms with van der Waals surface area (Å²) >= 11 is 0. The van der Waals surface area contributed by atoms with Gasteiger partial charge in [-0.3, -0.25) is 9.59 Å². The summed E-state index contributed by atoms with van der Waals surface area (Å²) in [6, 6.07) is 34.9. The van der Waals surface area contributed by atoms with Crippen molar-refractivity contribution in [2.45, 2.75) is 19.1 Å². The molecule has 0 aromatic heterocycles. The highest BCUT2D eigenvalue weighted by Crippen LogP contribution is 2.18. The van der Waals surface area contributed by atoms with Crippen LogP contribution in [0.15, 0.2) is 115 Å². The molecule has 0 aliphatic carbocycles. The van der Waals surface area contributed by atoms with Crippen LogP contribution in [0.3, 0.4) is 0 Å². The van der Waals surface area contributed by atoms with Crippen LogP contribution in [0.25, 0.3) is 0 Å². The molecule has 0 bridgehead atoms. The molecule has 0 heterocycles. The standard InChI is InChI=1S/C29H26N2O3/c32-28(24-14-8-3-9-15-24)31-27(20-22-10-4-1-5-11-22)29(33)30-25-16-18-26(19-17-25)34-21-23-12-6-2-7-13-23/h1-19,27H,20-21H2,(H,30,33)(H,31,32)/t27-/m1/s1. The quantitative estimate of drug-likeness (QED) is 0.366. The first kappa shape index (κ1) is 22.8. The van der Waals surface area contributed by atoms with Crippen LogP contribution in [-0.2, 0) is 17.8 Å². The van der Waals surface area contributed by atoms with E-state index >= 15 is 0 Å². The van der Waals surface area contributed by atoms with E-state index in [4.69, 9.17) is 4.74 Å². The van der Waals surface area contributed by atoms with Crippen LogP contribution >= 0.6 is 0 Å². The van der Waals surface area contributed by atoms with Gasteiger partial charge in [-0.1, -0.05) is 78.9 Å². The predicted octanol–water partition coefficient (Wildman–Crippen LogP) is 5.25. The molecule has 34 heavy (non-hydrogen) atoms. The number of hydrogen-bond acceptors (Lipinski definition) is 3. The van der Waals surface area contributed by atoms with Crippen molar-refractivity contribution in [2.24, 2.45) is 0 Å². The number of carbonyl (C=O) groups excluding carboxylic acids is 2. The number of benzene rings is 4. The smallest absolute Gasteiger partial charge is 0.251 e. The third kappa shape index (κ3) is 6.56. The molecule has 0 spiro atoms. The fourth-order valence-electron chi connectivity index (χ4n) is 3.49. The van der Waals surface area contributed by atoms with E-state index in [1.165, 1.54) is 0 Å². The Balaban J connectivity index is 1.41. The number of nitrogens with one attached hydrogen (secondary N) is 2. The molecular formula is C29H26N2O3. The number of amides is 2. The summed E-state index contributed by atoms with van der Waals surface area (Å²) in [4.78, 5) is 25.9. The van der Waals surface area contributed by atoms with Crippen molar-refractivity contribution >= 4 is 17.5 Å². The van der Waals surface area contributed by atoms with Crippen LogP contribution in [0.1, 0.15) is 21.5 Å². The van der Waals surface area contributed by atoms with Gasteiger partial charge in [0.05, 0.1) is 0 Å². The number of anilines is 1. The van der Waals surface area contributed by atoms with Crippen molar-refractivity contribution in [1.29, 1.82) is 0 Å². The van der Waals surface area contributed by atoms with E-state index in [1.54, 1.807) is 36.4 Å². The van der Waals surface area contributed by atoms with Gasteiger partial charge in [0.25, 0.3) is 5.91 Å². The molecule has 4 rings (SSSR count). The first-order valence-corrected chi connectivity index (χ1v) is 11.1. The van der Waals surface area contributed by atoms with E-state index in [-0.39, 0.29) is 11.8 Å². The molecule has 4 aromatic carbocycles. The Labute approximate surface area is 199 Å². The van der Waals surface area contributed by atoms with E-state index in [0.717, 1.165) is 11.1 Å². The lowest BCUT2D eigenvalue weighted by atomic mass is 10.0. The average Bonchev–Trinajstić information content (AvgIpc) is 2.89. The van der Waals surface area contributed by atoms with Gasteiger partial charge < -0.3 is 15.4 Å². The monoisotopic (exact) mass is 450 g/mol. The molecule has 0 fully saturated rings. The maximum atomic E-state index is 13.1. The van der Waals surface area contributed by atoms with Crippen LogP contribution < -0.4 is 15.4 Å².